The Morgan fingerprint density at radius 2 is 1.64 bits per heavy atom. The Morgan fingerprint density at radius 1 is 1.09 bits per heavy atom. The summed E-state index contributed by atoms with van der Waals surface area (Å²) in [5, 5.41) is 0. The minimum atomic E-state index is -0.776. The highest BCUT2D eigenvalue weighted by atomic mass is 28.3. The molecule has 11 heavy (non-hydrogen) atoms. The third-order valence-corrected chi connectivity index (χ3v) is 8.23. The van der Waals surface area contributed by atoms with Crippen molar-refractivity contribution in [3.05, 3.63) is 0 Å². The van der Waals surface area contributed by atoms with Gasteiger partial charge < -0.3 is 0 Å². The number of hydrogen-bond acceptors (Lipinski definition) is 0. The fourth-order valence-electron chi connectivity index (χ4n) is 2.17. The summed E-state index contributed by atoms with van der Waals surface area (Å²) < 4.78 is 0. The lowest BCUT2D eigenvalue weighted by molar-refractivity contribution is 0.491. The molecule has 0 N–H and O–H groups in total. The van der Waals surface area contributed by atoms with Crippen LogP contribution in [0.1, 0.15) is 39.0 Å². The van der Waals surface area contributed by atoms with E-state index >= 15 is 0 Å². The van der Waals surface area contributed by atoms with Crippen LogP contribution in [0.4, 0.5) is 0 Å². The predicted molar refractivity (Wildman–Crippen MR) is 54.8 cm³/mol. The minimum absolute atomic E-state index is 0.776. The molecule has 0 nitrogen and oxygen atoms in total. The zero-order chi connectivity index (χ0) is 8.32. The molecule has 1 aliphatic rings. The molecule has 0 unspecified atom stereocenters. The normalized spacial score (nSPS) is 22.1. The van der Waals surface area contributed by atoms with E-state index in [4.69, 9.17) is 0 Å². The summed E-state index contributed by atoms with van der Waals surface area (Å²) in [6.07, 6.45) is 7.63. The lowest BCUT2D eigenvalue weighted by atomic mass is 10.0. The van der Waals surface area contributed by atoms with Crippen LogP contribution in [0.5, 0.6) is 0 Å². The fraction of sp³-hybridized carbons (Fsp3) is 1.00. The van der Waals surface area contributed by atoms with Gasteiger partial charge in [-0.25, -0.2) is 0 Å². The molecule has 0 aromatic carbocycles. The van der Waals surface area contributed by atoms with Gasteiger partial charge in [-0.3, -0.25) is 0 Å². The van der Waals surface area contributed by atoms with Crippen molar-refractivity contribution in [1.29, 1.82) is 0 Å². The van der Waals surface area contributed by atoms with Gasteiger partial charge in [0.05, 0.1) is 8.07 Å². The van der Waals surface area contributed by atoms with E-state index in [2.05, 4.69) is 20.0 Å². The van der Waals surface area contributed by atoms with E-state index in [-0.39, 0.29) is 0 Å². The number of rotatable bonds is 2. The molecule has 0 amide bonds. The highest BCUT2D eigenvalue weighted by Crippen LogP contribution is 2.38. The molecule has 0 atom stereocenters. The summed E-state index contributed by atoms with van der Waals surface area (Å²) >= 11 is 0. The van der Waals surface area contributed by atoms with Crippen molar-refractivity contribution in [2.45, 2.75) is 63.7 Å². The minimum Gasteiger partial charge on any atom is -0.0692 e. The maximum absolute atomic E-state index is 2.57. The molecule has 1 rings (SSSR count). The van der Waals surface area contributed by atoms with Gasteiger partial charge in [-0.1, -0.05) is 58.2 Å². The summed E-state index contributed by atoms with van der Waals surface area (Å²) in [4.78, 5) is 0. The lowest BCUT2D eigenvalue weighted by Crippen LogP contribution is -2.32. The topological polar surface area (TPSA) is 0 Å². The van der Waals surface area contributed by atoms with Gasteiger partial charge in [0, 0.05) is 0 Å². The monoisotopic (exact) mass is 170 g/mol. The molecule has 0 bridgehead atoms. The second-order valence-electron chi connectivity index (χ2n) is 4.68. The maximum atomic E-state index is 2.57. The summed E-state index contributed by atoms with van der Waals surface area (Å²) in [6, 6.07) is 1.48. The molecule has 0 saturated heterocycles. The van der Waals surface area contributed by atoms with Gasteiger partial charge in [0.25, 0.3) is 0 Å². The van der Waals surface area contributed by atoms with Crippen molar-refractivity contribution in [2.75, 3.05) is 0 Å². The van der Waals surface area contributed by atoms with Crippen LogP contribution in [-0.4, -0.2) is 8.07 Å². The average molecular weight is 170 g/mol. The maximum Gasteiger partial charge on any atom is 0.0502 e. The molecular weight excluding hydrogens is 148 g/mol. The van der Waals surface area contributed by atoms with E-state index in [1.54, 1.807) is 12.8 Å². The first-order valence-electron chi connectivity index (χ1n) is 5.17. The summed E-state index contributed by atoms with van der Waals surface area (Å²) in [6.45, 7) is 7.53. The van der Waals surface area contributed by atoms with Gasteiger partial charge in [-0.15, -0.1) is 0 Å². The average Bonchev–Trinajstić information content (AvgIpc) is 2.06. The first kappa shape index (κ1) is 9.31. The van der Waals surface area contributed by atoms with Gasteiger partial charge in [-0.05, 0) is 5.54 Å². The second-order valence-corrected chi connectivity index (χ2v) is 10.2. The third-order valence-electron chi connectivity index (χ3n) is 3.62. The Labute approximate surface area is 72.4 Å². The van der Waals surface area contributed by atoms with Crippen molar-refractivity contribution in [2.24, 2.45) is 0 Å². The molecule has 0 heterocycles. The number of hydrogen-bond donors (Lipinski definition) is 0. The van der Waals surface area contributed by atoms with Crippen LogP contribution in [0.2, 0.25) is 24.7 Å². The van der Waals surface area contributed by atoms with Crippen molar-refractivity contribution in [3.63, 3.8) is 0 Å². The molecule has 0 spiro atoms. The molecule has 66 valence electrons. The Bertz CT molecular complexity index is 112. The van der Waals surface area contributed by atoms with Crippen LogP contribution in [0.25, 0.3) is 0 Å². The molecular formula is C10H22Si. The Kier molecular flexibility index (Phi) is 3.17. The third kappa shape index (κ3) is 2.33. The molecule has 1 aliphatic carbocycles. The summed E-state index contributed by atoms with van der Waals surface area (Å²) in [7, 11) is -0.776. The molecule has 0 radical (unpaired) electrons. The molecule has 0 aromatic rings. The lowest BCUT2D eigenvalue weighted by Gasteiger charge is -2.34. The highest BCUT2D eigenvalue weighted by Gasteiger charge is 2.30. The van der Waals surface area contributed by atoms with Crippen LogP contribution in [-0.2, 0) is 0 Å². The van der Waals surface area contributed by atoms with E-state index in [0.29, 0.717) is 0 Å². The van der Waals surface area contributed by atoms with Gasteiger partial charge in [-0.2, -0.15) is 0 Å². The Morgan fingerprint density at radius 3 is 2.09 bits per heavy atom. The SMILES string of the molecule is CC[Si](C)(C)C1CCCCC1. The fourth-order valence-corrected chi connectivity index (χ4v) is 4.72. The van der Waals surface area contributed by atoms with Crippen LogP contribution in [0.3, 0.4) is 0 Å². The van der Waals surface area contributed by atoms with Crippen molar-refractivity contribution in [3.8, 4) is 0 Å². The second kappa shape index (κ2) is 3.75. The van der Waals surface area contributed by atoms with E-state index < -0.39 is 8.07 Å². The first-order valence-corrected chi connectivity index (χ1v) is 8.45. The van der Waals surface area contributed by atoms with Gasteiger partial charge >= 0.3 is 0 Å². The van der Waals surface area contributed by atoms with E-state index in [1.165, 1.54) is 25.3 Å². The Balaban J connectivity index is 2.43. The highest BCUT2D eigenvalue weighted by molar-refractivity contribution is 6.78. The van der Waals surface area contributed by atoms with Crippen LogP contribution >= 0.6 is 0 Å². The standard InChI is InChI=1S/C10H22Si/c1-4-11(2,3)10-8-6-5-7-9-10/h10H,4-9H2,1-3H3. The van der Waals surface area contributed by atoms with Gasteiger partial charge in [0.15, 0.2) is 0 Å². The first-order chi connectivity index (χ1) is 5.17. The Hall–Kier alpha value is 0.217. The van der Waals surface area contributed by atoms with Crippen molar-refractivity contribution < 1.29 is 0 Å². The smallest absolute Gasteiger partial charge is 0.0502 e. The summed E-state index contributed by atoms with van der Waals surface area (Å²) in [5.74, 6) is 0. The molecule has 1 heteroatoms. The van der Waals surface area contributed by atoms with E-state index in [9.17, 15) is 0 Å². The van der Waals surface area contributed by atoms with Crippen molar-refractivity contribution in [1.82, 2.24) is 0 Å². The van der Waals surface area contributed by atoms with Crippen LogP contribution in [0.15, 0.2) is 0 Å². The zero-order valence-electron chi connectivity index (χ0n) is 8.32. The van der Waals surface area contributed by atoms with Crippen LogP contribution < -0.4 is 0 Å². The van der Waals surface area contributed by atoms with Gasteiger partial charge in [0.1, 0.15) is 0 Å². The molecule has 1 fully saturated rings. The zero-order valence-corrected chi connectivity index (χ0v) is 9.32. The van der Waals surface area contributed by atoms with Crippen molar-refractivity contribution >= 4 is 8.07 Å². The largest absolute Gasteiger partial charge is 0.0692 e. The quantitative estimate of drug-likeness (QED) is 0.548. The van der Waals surface area contributed by atoms with Crippen LogP contribution in [0, 0.1) is 0 Å². The summed E-state index contributed by atoms with van der Waals surface area (Å²) in [5.41, 5.74) is 1.15. The molecule has 0 aromatic heterocycles. The van der Waals surface area contributed by atoms with E-state index in [1.807, 2.05) is 0 Å². The molecule has 0 aliphatic heterocycles. The predicted octanol–water partition coefficient (Wildman–Crippen LogP) is 4.05. The molecule has 1 saturated carbocycles. The van der Waals surface area contributed by atoms with Gasteiger partial charge in [0.2, 0.25) is 0 Å². The van der Waals surface area contributed by atoms with E-state index in [0.717, 1.165) is 5.54 Å².